The standard InChI is InChI=1S/C13H16O2/c1-9-5-6-11(10(2)8-9)13(14)12-4-3-7-15-12/h4-6,8,13-14H,3,7H2,1-2H3. The number of benzene rings is 1. The van der Waals surface area contributed by atoms with Gasteiger partial charge in [0.25, 0.3) is 0 Å². The number of hydrogen-bond donors (Lipinski definition) is 1. The summed E-state index contributed by atoms with van der Waals surface area (Å²) in [5.74, 6) is 0.696. The number of aliphatic hydroxyl groups is 1. The number of aliphatic hydroxyl groups excluding tert-OH is 1. The van der Waals surface area contributed by atoms with Gasteiger partial charge in [-0.3, -0.25) is 0 Å². The molecule has 80 valence electrons. The molecule has 0 saturated carbocycles. The van der Waals surface area contributed by atoms with E-state index in [1.807, 2.05) is 25.1 Å². The van der Waals surface area contributed by atoms with Gasteiger partial charge in [-0.2, -0.15) is 0 Å². The quantitative estimate of drug-likeness (QED) is 0.802. The van der Waals surface area contributed by atoms with Crippen LogP contribution in [-0.4, -0.2) is 11.7 Å². The van der Waals surface area contributed by atoms with E-state index in [4.69, 9.17) is 4.74 Å². The smallest absolute Gasteiger partial charge is 0.136 e. The van der Waals surface area contributed by atoms with Crippen LogP contribution < -0.4 is 0 Å². The molecule has 0 saturated heterocycles. The van der Waals surface area contributed by atoms with Crippen molar-refractivity contribution in [2.45, 2.75) is 26.4 Å². The van der Waals surface area contributed by atoms with E-state index >= 15 is 0 Å². The van der Waals surface area contributed by atoms with Gasteiger partial charge in [-0.15, -0.1) is 0 Å². The van der Waals surface area contributed by atoms with E-state index in [1.54, 1.807) is 0 Å². The second kappa shape index (κ2) is 4.07. The van der Waals surface area contributed by atoms with Crippen molar-refractivity contribution in [2.24, 2.45) is 0 Å². The maximum absolute atomic E-state index is 10.1. The molecule has 0 spiro atoms. The van der Waals surface area contributed by atoms with Crippen LogP contribution in [0.1, 0.15) is 29.2 Å². The lowest BCUT2D eigenvalue weighted by atomic mass is 10.00. The van der Waals surface area contributed by atoms with Crippen molar-refractivity contribution < 1.29 is 9.84 Å². The third-order valence-corrected chi connectivity index (χ3v) is 2.72. The zero-order valence-electron chi connectivity index (χ0n) is 9.16. The normalized spacial score (nSPS) is 17.1. The second-order valence-electron chi connectivity index (χ2n) is 4.01. The molecule has 1 heterocycles. The summed E-state index contributed by atoms with van der Waals surface area (Å²) in [6.07, 6.45) is 2.26. The predicted molar refractivity (Wildman–Crippen MR) is 59.5 cm³/mol. The average molecular weight is 204 g/mol. The van der Waals surface area contributed by atoms with E-state index in [0.29, 0.717) is 12.4 Å². The van der Waals surface area contributed by atoms with Gasteiger partial charge in [-0.05, 0) is 31.1 Å². The van der Waals surface area contributed by atoms with Crippen LogP contribution in [0.2, 0.25) is 0 Å². The zero-order valence-corrected chi connectivity index (χ0v) is 9.16. The Morgan fingerprint density at radius 2 is 2.13 bits per heavy atom. The molecule has 0 aliphatic carbocycles. The van der Waals surface area contributed by atoms with E-state index in [0.717, 1.165) is 17.5 Å². The minimum absolute atomic E-state index is 0.604. The van der Waals surface area contributed by atoms with Crippen LogP contribution in [0, 0.1) is 13.8 Å². The molecule has 0 radical (unpaired) electrons. The highest BCUT2D eigenvalue weighted by Gasteiger charge is 2.19. The molecule has 0 aromatic heterocycles. The van der Waals surface area contributed by atoms with E-state index in [2.05, 4.69) is 13.0 Å². The lowest BCUT2D eigenvalue weighted by Gasteiger charge is -2.15. The molecule has 1 aromatic carbocycles. The fourth-order valence-electron chi connectivity index (χ4n) is 1.91. The van der Waals surface area contributed by atoms with Gasteiger partial charge in [0.15, 0.2) is 0 Å². The Hall–Kier alpha value is -1.28. The van der Waals surface area contributed by atoms with Gasteiger partial charge in [0.2, 0.25) is 0 Å². The van der Waals surface area contributed by atoms with E-state index in [1.165, 1.54) is 5.56 Å². The maximum atomic E-state index is 10.1. The molecule has 15 heavy (non-hydrogen) atoms. The number of hydrogen-bond acceptors (Lipinski definition) is 2. The molecule has 1 unspecified atom stereocenters. The van der Waals surface area contributed by atoms with Gasteiger partial charge in [0, 0.05) is 6.42 Å². The zero-order chi connectivity index (χ0) is 10.8. The molecule has 1 aromatic rings. The number of ether oxygens (including phenoxy) is 1. The minimum atomic E-state index is -0.604. The third-order valence-electron chi connectivity index (χ3n) is 2.72. The van der Waals surface area contributed by atoms with Crippen LogP contribution in [0.15, 0.2) is 30.0 Å². The summed E-state index contributed by atoms with van der Waals surface area (Å²) in [6, 6.07) is 6.06. The molecular weight excluding hydrogens is 188 g/mol. The van der Waals surface area contributed by atoms with E-state index < -0.39 is 6.10 Å². The Kier molecular flexibility index (Phi) is 2.78. The molecule has 1 atom stereocenters. The molecule has 2 heteroatoms. The summed E-state index contributed by atoms with van der Waals surface area (Å²) < 4.78 is 5.37. The molecule has 1 N–H and O–H groups in total. The fourth-order valence-corrected chi connectivity index (χ4v) is 1.91. The van der Waals surface area contributed by atoms with Gasteiger partial charge in [0.05, 0.1) is 6.61 Å². The predicted octanol–water partition coefficient (Wildman–Crippen LogP) is 2.64. The van der Waals surface area contributed by atoms with Crippen LogP contribution in [0.5, 0.6) is 0 Å². The Bertz CT molecular complexity index is 394. The molecular formula is C13H16O2. The van der Waals surface area contributed by atoms with Gasteiger partial charge in [-0.1, -0.05) is 23.8 Å². The monoisotopic (exact) mass is 204 g/mol. The summed E-state index contributed by atoms with van der Waals surface area (Å²) in [6.45, 7) is 4.76. The summed E-state index contributed by atoms with van der Waals surface area (Å²) in [5, 5.41) is 10.1. The first kappa shape index (κ1) is 10.2. The maximum Gasteiger partial charge on any atom is 0.136 e. The molecule has 0 amide bonds. The van der Waals surface area contributed by atoms with Crippen LogP contribution >= 0.6 is 0 Å². The SMILES string of the molecule is Cc1ccc(C(O)C2=CCCO2)c(C)c1. The summed E-state index contributed by atoms with van der Waals surface area (Å²) in [7, 11) is 0. The van der Waals surface area contributed by atoms with Crippen molar-refractivity contribution in [2.75, 3.05) is 6.61 Å². The van der Waals surface area contributed by atoms with Gasteiger partial charge in [0.1, 0.15) is 11.9 Å². The first-order chi connectivity index (χ1) is 7.18. The van der Waals surface area contributed by atoms with Crippen molar-refractivity contribution in [1.29, 1.82) is 0 Å². The van der Waals surface area contributed by atoms with Crippen molar-refractivity contribution in [1.82, 2.24) is 0 Å². The largest absolute Gasteiger partial charge is 0.495 e. The topological polar surface area (TPSA) is 29.5 Å². The van der Waals surface area contributed by atoms with Gasteiger partial charge in [-0.25, -0.2) is 0 Å². The van der Waals surface area contributed by atoms with Gasteiger partial charge < -0.3 is 9.84 Å². The lowest BCUT2D eigenvalue weighted by molar-refractivity contribution is 0.118. The van der Waals surface area contributed by atoms with Crippen molar-refractivity contribution in [3.63, 3.8) is 0 Å². The number of rotatable bonds is 2. The van der Waals surface area contributed by atoms with Crippen LogP contribution in [0.3, 0.4) is 0 Å². The van der Waals surface area contributed by atoms with Gasteiger partial charge >= 0.3 is 0 Å². The Morgan fingerprint density at radius 3 is 2.73 bits per heavy atom. The van der Waals surface area contributed by atoms with Crippen LogP contribution in [-0.2, 0) is 4.74 Å². The highest BCUT2D eigenvalue weighted by Crippen LogP contribution is 2.28. The summed E-state index contributed by atoms with van der Waals surface area (Å²) >= 11 is 0. The highest BCUT2D eigenvalue weighted by atomic mass is 16.5. The highest BCUT2D eigenvalue weighted by molar-refractivity contribution is 5.35. The lowest BCUT2D eigenvalue weighted by Crippen LogP contribution is -2.04. The number of aryl methyl sites for hydroxylation is 2. The molecule has 0 bridgehead atoms. The molecule has 2 rings (SSSR count). The van der Waals surface area contributed by atoms with E-state index in [9.17, 15) is 5.11 Å². The molecule has 1 aliphatic rings. The van der Waals surface area contributed by atoms with Crippen molar-refractivity contribution in [3.8, 4) is 0 Å². The average Bonchev–Trinajstić information content (AvgIpc) is 2.69. The van der Waals surface area contributed by atoms with Crippen molar-refractivity contribution >= 4 is 0 Å². The molecule has 0 fully saturated rings. The first-order valence-electron chi connectivity index (χ1n) is 5.26. The summed E-state index contributed by atoms with van der Waals surface area (Å²) in [5.41, 5.74) is 3.26. The summed E-state index contributed by atoms with van der Waals surface area (Å²) in [4.78, 5) is 0. The third kappa shape index (κ3) is 2.05. The second-order valence-corrected chi connectivity index (χ2v) is 4.01. The molecule has 2 nitrogen and oxygen atoms in total. The van der Waals surface area contributed by atoms with Crippen LogP contribution in [0.25, 0.3) is 0 Å². The minimum Gasteiger partial charge on any atom is -0.495 e. The Balaban J connectivity index is 2.28. The fraction of sp³-hybridized carbons (Fsp3) is 0.385. The van der Waals surface area contributed by atoms with E-state index in [-0.39, 0.29) is 0 Å². The Morgan fingerprint density at radius 1 is 1.33 bits per heavy atom. The first-order valence-corrected chi connectivity index (χ1v) is 5.26. The van der Waals surface area contributed by atoms with Crippen LogP contribution in [0.4, 0.5) is 0 Å². The Labute approximate surface area is 90.2 Å². The van der Waals surface area contributed by atoms with Crippen molar-refractivity contribution in [3.05, 3.63) is 46.7 Å². The molecule has 1 aliphatic heterocycles.